The number of hydrogen-bond acceptors (Lipinski definition) is 2. The van der Waals surface area contributed by atoms with E-state index in [1.807, 2.05) is 29.2 Å². The molecule has 1 aliphatic heterocycles. The minimum absolute atomic E-state index is 0.191. The van der Waals surface area contributed by atoms with Gasteiger partial charge in [0.15, 0.2) is 5.96 Å². The van der Waals surface area contributed by atoms with Crippen molar-refractivity contribution in [1.82, 2.24) is 10.6 Å². The first-order valence-corrected chi connectivity index (χ1v) is 9.72. The number of hydrogen-bond donors (Lipinski definition) is 2. The van der Waals surface area contributed by atoms with Crippen molar-refractivity contribution in [3.63, 3.8) is 0 Å². The van der Waals surface area contributed by atoms with Gasteiger partial charge in [0.25, 0.3) is 0 Å². The van der Waals surface area contributed by atoms with Crippen LogP contribution in [0.15, 0.2) is 47.5 Å². The van der Waals surface area contributed by atoms with Gasteiger partial charge in [-0.1, -0.05) is 29.8 Å². The van der Waals surface area contributed by atoms with Crippen molar-refractivity contribution in [2.45, 2.75) is 25.8 Å². The molecular weight excluding hydrogens is 379 g/mol. The molecule has 3 rings (SSSR count). The molecule has 1 amide bonds. The number of anilines is 1. The molecule has 0 aromatic heterocycles. The topological polar surface area (TPSA) is 56.7 Å². The number of carbonyl (C=O) groups excluding carboxylic acids is 1. The quantitative estimate of drug-likeness (QED) is 0.574. The average Bonchev–Trinajstić information content (AvgIpc) is 3.12. The Morgan fingerprint density at radius 3 is 2.64 bits per heavy atom. The van der Waals surface area contributed by atoms with Gasteiger partial charge in [-0.25, -0.2) is 4.39 Å². The monoisotopic (exact) mass is 402 g/mol. The Morgan fingerprint density at radius 2 is 2.00 bits per heavy atom. The standard InChI is InChI=1S/C21H24ClFN4O/c1-24-21(25-11-10-16-6-7-17(23)13-19(16)22)26-14-15-4-8-18(9-5-15)27-12-2-3-20(27)28/h4-9,13H,2-3,10-12,14H2,1H3,(H2,24,25,26). The molecule has 0 atom stereocenters. The summed E-state index contributed by atoms with van der Waals surface area (Å²) >= 11 is 6.05. The van der Waals surface area contributed by atoms with Crippen LogP contribution in [0.4, 0.5) is 10.1 Å². The smallest absolute Gasteiger partial charge is 0.227 e. The summed E-state index contributed by atoms with van der Waals surface area (Å²) in [6.45, 7) is 2.04. The first-order chi connectivity index (χ1) is 13.6. The first-order valence-electron chi connectivity index (χ1n) is 9.34. The number of rotatable bonds is 6. The molecule has 28 heavy (non-hydrogen) atoms. The van der Waals surface area contributed by atoms with Gasteiger partial charge in [-0.2, -0.15) is 0 Å². The van der Waals surface area contributed by atoms with Crippen LogP contribution in [0.3, 0.4) is 0 Å². The van der Waals surface area contributed by atoms with E-state index in [0.29, 0.717) is 36.9 Å². The molecule has 1 fully saturated rings. The third-order valence-electron chi connectivity index (χ3n) is 4.71. The van der Waals surface area contributed by atoms with Gasteiger partial charge in [0.2, 0.25) is 5.91 Å². The molecule has 2 aromatic carbocycles. The maximum Gasteiger partial charge on any atom is 0.227 e. The van der Waals surface area contributed by atoms with Crippen molar-refractivity contribution in [2.24, 2.45) is 4.99 Å². The Labute approximate surface area is 169 Å². The molecule has 0 saturated carbocycles. The number of aliphatic imine (C=N–C) groups is 1. The third kappa shape index (κ3) is 5.23. The number of guanidine groups is 1. The second kappa shape index (κ2) is 9.55. The van der Waals surface area contributed by atoms with Crippen molar-refractivity contribution in [2.75, 3.05) is 25.0 Å². The number of halogens is 2. The molecular formula is C21H24ClFN4O. The van der Waals surface area contributed by atoms with Crippen molar-refractivity contribution < 1.29 is 9.18 Å². The van der Waals surface area contributed by atoms with Crippen LogP contribution in [0.1, 0.15) is 24.0 Å². The summed E-state index contributed by atoms with van der Waals surface area (Å²) < 4.78 is 13.1. The summed E-state index contributed by atoms with van der Waals surface area (Å²) in [6, 6.07) is 12.4. The van der Waals surface area contributed by atoms with E-state index in [0.717, 1.165) is 29.8 Å². The fraction of sp³-hybridized carbons (Fsp3) is 0.333. The lowest BCUT2D eigenvalue weighted by molar-refractivity contribution is -0.117. The Hall–Kier alpha value is -2.60. The third-order valence-corrected chi connectivity index (χ3v) is 5.06. The van der Waals surface area contributed by atoms with Gasteiger partial charge in [-0.15, -0.1) is 0 Å². The van der Waals surface area contributed by atoms with Crippen LogP contribution in [0.2, 0.25) is 5.02 Å². The van der Waals surface area contributed by atoms with E-state index in [1.54, 1.807) is 13.1 Å². The minimum atomic E-state index is -0.334. The normalized spacial score (nSPS) is 14.5. The maximum absolute atomic E-state index is 13.1. The first kappa shape index (κ1) is 20.1. The van der Waals surface area contributed by atoms with Gasteiger partial charge in [-0.05, 0) is 48.2 Å². The second-order valence-electron chi connectivity index (χ2n) is 6.65. The fourth-order valence-corrected chi connectivity index (χ4v) is 3.42. The van der Waals surface area contributed by atoms with Crippen molar-refractivity contribution >= 4 is 29.2 Å². The lowest BCUT2D eigenvalue weighted by Gasteiger charge is -2.16. The van der Waals surface area contributed by atoms with E-state index < -0.39 is 0 Å². The van der Waals surface area contributed by atoms with E-state index in [2.05, 4.69) is 15.6 Å². The molecule has 148 valence electrons. The predicted octanol–water partition coefficient (Wildman–Crippen LogP) is 3.51. The zero-order valence-corrected chi connectivity index (χ0v) is 16.6. The molecule has 1 aliphatic rings. The van der Waals surface area contributed by atoms with Crippen LogP contribution in [0, 0.1) is 5.82 Å². The van der Waals surface area contributed by atoms with Gasteiger partial charge in [-0.3, -0.25) is 9.79 Å². The Bertz CT molecular complexity index is 854. The number of amides is 1. The summed E-state index contributed by atoms with van der Waals surface area (Å²) in [5.41, 5.74) is 2.93. The molecule has 7 heteroatoms. The van der Waals surface area contributed by atoms with E-state index in [-0.39, 0.29) is 11.7 Å². The summed E-state index contributed by atoms with van der Waals surface area (Å²) in [5, 5.41) is 6.92. The van der Waals surface area contributed by atoms with Gasteiger partial charge in [0.1, 0.15) is 5.82 Å². The highest BCUT2D eigenvalue weighted by Crippen LogP contribution is 2.21. The predicted molar refractivity (Wildman–Crippen MR) is 111 cm³/mol. The molecule has 2 N–H and O–H groups in total. The van der Waals surface area contributed by atoms with Crippen molar-refractivity contribution in [1.29, 1.82) is 0 Å². The molecule has 0 unspecified atom stereocenters. The Balaban J connectivity index is 1.46. The van der Waals surface area contributed by atoms with Crippen LogP contribution in [-0.4, -0.2) is 32.0 Å². The van der Waals surface area contributed by atoms with Crippen LogP contribution >= 0.6 is 11.6 Å². The zero-order valence-electron chi connectivity index (χ0n) is 15.8. The molecule has 2 aromatic rings. The lowest BCUT2D eigenvalue weighted by Crippen LogP contribution is -2.37. The zero-order chi connectivity index (χ0) is 19.9. The summed E-state index contributed by atoms with van der Waals surface area (Å²) in [4.78, 5) is 17.9. The minimum Gasteiger partial charge on any atom is -0.356 e. The summed E-state index contributed by atoms with van der Waals surface area (Å²) in [5.74, 6) is 0.535. The van der Waals surface area contributed by atoms with Crippen LogP contribution in [0.25, 0.3) is 0 Å². The molecule has 0 aliphatic carbocycles. The molecule has 1 saturated heterocycles. The van der Waals surface area contributed by atoms with Gasteiger partial charge < -0.3 is 15.5 Å². The maximum atomic E-state index is 13.1. The largest absolute Gasteiger partial charge is 0.356 e. The Kier molecular flexibility index (Phi) is 6.87. The molecule has 1 heterocycles. The molecule has 0 spiro atoms. The number of carbonyl (C=O) groups is 1. The molecule has 0 radical (unpaired) electrons. The highest BCUT2D eigenvalue weighted by Gasteiger charge is 2.21. The fourth-order valence-electron chi connectivity index (χ4n) is 3.16. The highest BCUT2D eigenvalue weighted by molar-refractivity contribution is 6.31. The van der Waals surface area contributed by atoms with Gasteiger partial charge in [0.05, 0.1) is 0 Å². The average molecular weight is 403 g/mol. The van der Waals surface area contributed by atoms with Crippen molar-refractivity contribution in [3.05, 3.63) is 64.4 Å². The van der Waals surface area contributed by atoms with E-state index in [4.69, 9.17) is 11.6 Å². The van der Waals surface area contributed by atoms with Crippen LogP contribution in [0.5, 0.6) is 0 Å². The second-order valence-corrected chi connectivity index (χ2v) is 7.06. The molecule has 0 bridgehead atoms. The highest BCUT2D eigenvalue weighted by atomic mass is 35.5. The lowest BCUT2D eigenvalue weighted by atomic mass is 10.1. The van der Waals surface area contributed by atoms with E-state index in [1.165, 1.54) is 12.1 Å². The van der Waals surface area contributed by atoms with Gasteiger partial charge in [0, 0.05) is 43.8 Å². The summed E-state index contributed by atoms with van der Waals surface area (Å²) in [6.07, 6.45) is 2.22. The van der Waals surface area contributed by atoms with E-state index in [9.17, 15) is 9.18 Å². The Morgan fingerprint density at radius 1 is 1.21 bits per heavy atom. The SMILES string of the molecule is CN=C(NCCc1ccc(F)cc1Cl)NCc1ccc(N2CCCC2=O)cc1. The number of benzene rings is 2. The van der Waals surface area contributed by atoms with E-state index >= 15 is 0 Å². The summed E-state index contributed by atoms with van der Waals surface area (Å²) in [7, 11) is 1.71. The van der Waals surface area contributed by atoms with Crippen molar-refractivity contribution in [3.8, 4) is 0 Å². The van der Waals surface area contributed by atoms with Crippen LogP contribution < -0.4 is 15.5 Å². The van der Waals surface area contributed by atoms with Crippen LogP contribution in [-0.2, 0) is 17.8 Å². The van der Waals surface area contributed by atoms with Gasteiger partial charge >= 0.3 is 0 Å². The number of nitrogens with zero attached hydrogens (tertiary/aromatic N) is 2. The molecule has 5 nitrogen and oxygen atoms in total. The number of nitrogens with one attached hydrogen (secondary N) is 2.